The number of carbonyl (C=O) groups excluding carboxylic acids is 1. The lowest BCUT2D eigenvalue weighted by Gasteiger charge is -2.29. The van der Waals surface area contributed by atoms with Gasteiger partial charge in [-0.05, 0) is 73.4 Å². The molecule has 2 saturated heterocycles. The fourth-order valence-electron chi connectivity index (χ4n) is 6.23. The lowest BCUT2D eigenvalue weighted by atomic mass is 10.0. The lowest BCUT2D eigenvalue weighted by molar-refractivity contribution is -0.114. The van der Waals surface area contributed by atoms with Crippen LogP contribution in [-0.2, 0) is 16.0 Å². The van der Waals surface area contributed by atoms with E-state index in [1.807, 2.05) is 47.4 Å². The van der Waals surface area contributed by atoms with Gasteiger partial charge < -0.3 is 25.2 Å². The number of nitrogens with one attached hydrogen (secondary N) is 3. The topological polar surface area (TPSA) is 111 Å². The van der Waals surface area contributed by atoms with Crippen LogP contribution in [0.1, 0.15) is 24.8 Å². The number of fused-ring (bicyclic) bond motifs is 1. The minimum atomic E-state index is -0.324. The molecule has 2 aromatic heterocycles. The van der Waals surface area contributed by atoms with Crippen molar-refractivity contribution in [1.29, 1.82) is 0 Å². The van der Waals surface area contributed by atoms with E-state index in [0.717, 1.165) is 35.6 Å². The third-order valence-corrected chi connectivity index (χ3v) is 8.61. The Labute approximate surface area is 272 Å². The Kier molecular flexibility index (Phi) is 8.79. The maximum absolute atomic E-state index is 15.3. The molecular formula is C36H37FN8O2. The van der Waals surface area contributed by atoms with Crippen molar-refractivity contribution in [3.63, 3.8) is 0 Å². The van der Waals surface area contributed by atoms with Gasteiger partial charge in [0.15, 0.2) is 11.4 Å². The highest BCUT2D eigenvalue weighted by Gasteiger charge is 2.20. The van der Waals surface area contributed by atoms with E-state index >= 15 is 4.39 Å². The molecule has 0 spiro atoms. The average Bonchev–Trinajstić information content (AvgIpc) is 3.51. The van der Waals surface area contributed by atoms with Crippen LogP contribution in [0.3, 0.4) is 0 Å². The van der Waals surface area contributed by atoms with Crippen molar-refractivity contribution in [3.05, 3.63) is 90.8 Å². The van der Waals surface area contributed by atoms with E-state index in [0.29, 0.717) is 66.2 Å². The zero-order valence-electron chi connectivity index (χ0n) is 26.1. The number of H-pyrrole nitrogens is 1. The van der Waals surface area contributed by atoms with Gasteiger partial charge in [-0.3, -0.25) is 9.89 Å². The number of ketones is 1. The van der Waals surface area contributed by atoms with Gasteiger partial charge in [-0.1, -0.05) is 30.8 Å². The van der Waals surface area contributed by atoms with Crippen molar-refractivity contribution in [3.8, 4) is 11.3 Å². The summed E-state index contributed by atoms with van der Waals surface area (Å²) in [6, 6.07) is 21.1. The summed E-state index contributed by atoms with van der Waals surface area (Å²) in [6.45, 7) is 8.14. The van der Waals surface area contributed by atoms with Gasteiger partial charge in [-0.2, -0.15) is 10.1 Å². The first-order valence-corrected chi connectivity index (χ1v) is 16.1. The standard InChI is InChI=1S/C36H37FN8O2/c1-2-29(46)21-24-8-6-9-25(20-24)33-32-34(38-27-12-13-31(30(37)23-27)45-16-18-47-19-17-45)42-43-35(32)41-36(40-33)39-26-10-7-11-28(22-26)44-14-4-3-5-15-44/h2,6-13,20,22-23H,1,3-5,14-19,21H2,(H3,38,39,40,41,42,43). The van der Waals surface area contributed by atoms with Gasteiger partial charge in [0.25, 0.3) is 0 Å². The minimum Gasteiger partial charge on any atom is -0.378 e. The number of aromatic amines is 1. The molecular weight excluding hydrogens is 595 g/mol. The molecule has 2 aliphatic heterocycles. The molecule has 47 heavy (non-hydrogen) atoms. The largest absolute Gasteiger partial charge is 0.378 e. The summed E-state index contributed by atoms with van der Waals surface area (Å²) in [5, 5.41) is 14.9. The van der Waals surface area contributed by atoms with Crippen LogP contribution in [-0.4, -0.2) is 65.3 Å². The van der Waals surface area contributed by atoms with Crippen molar-refractivity contribution in [1.82, 2.24) is 20.2 Å². The Morgan fingerprint density at radius 2 is 1.72 bits per heavy atom. The molecule has 3 N–H and O–H groups in total. The smallest absolute Gasteiger partial charge is 0.229 e. The predicted octanol–water partition coefficient (Wildman–Crippen LogP) is 6.77. The van der Waals surface area contributed by atoms with Gasteiger partial charge in [-0.15, -0.1) is 0 Å². The highest BCUT2D eigenvalue weighted by atomic mass is 19.1. The van der Waals surface area contributed by atoms with Gasteiger partial charge in [0.1, 0.15) is 11.6 Å². The van der Waals surface area contributed by atoms with E-state index in [-0.39, 0.29) is 18.0 Å². The molecule has 0 saturated carbocycles. The molecule has 11 heteroatoms. The molecule has 2 aliphatic rings. The van der Waals surface area contributed by atoms with Gasteiger partial charge in [0.05, 0.1) is 30.0 Å². The minimum absolute atomic E-state index is 0.0702. The normalized spacial score (nSPS) is 15.1. The second-order valence-electron chi connectivity index (χ2n) is 11.9. The number of morpholine rings is 1. The molecule has 0 aliphatic carbocycles. The van der Waals surface area contributed by atoms with Crippen molar-refractivity contribution in [2.45, 2.75) is 25.7 Å². The summed E-state index contributed by atoms with van der Waals surface area (Å²) in [5.74, 6) is 0.517. The first-order valence-electron chi connectivity index (χ1n) is 16.1. The van der Waals surface area contributed by atoms with Gasteiger partial charge in [0, 0.05) is 55.2 Å². The van der Waals surface area contributed by atoms with Crippen LogP contribution in [0.4, 0.5) is 38.9 Å². The molecule has 3 aromatic carbocycles. The number of halogens is 1. The molecule has 0 unspecified atom stereocenters. The summed E-state index contributed by atoms with van der Waals surface area (Å²) in [6.07, 6.45) is 5.21. The number of nitrogens with zero attached hydrogens (tertiary/aromatic N) is 5. The van der Waals surface area contributed by atoms with Crippen molar-refractivity contribution >= 4 is 51.3 Å². The van der Waals surface area contributed by atoms with Crippen LogP contribution in [0, 0.1) is 5.82 Å². The van der Waals surface area contributed by atoms with Crippen LogP contribution in [0.5, 0.6) is 0 Å². The Bertz CT molecular complexity index is 1910. The molecule has 0 radical (unpaired) electrons. The fraction of sp³-hybridized carbons (Fsp3) is 0.278. The zero-order valence-corrected chi connectivity index (χ0v) is 26.1. The summed E-state index contributed by atoms with van der Waals surface area (Å²) in [5.41, 5.74) is 5.80. The van der Waals surface area contributed by atoms with Crippen molar-refractivity contribution in [2.75, 3.05) is 59.8 Å². The third kappa shape index (κ3) is 6.80. The second kappa shape index (κ2) is 13.6. The van der Waals surface area contributed by atoms with Crippen LogP contribution >= 0.6 is 0 Å². The maximum atomic E-state index is 15.3. The van der Waals surface area contributed by atoms with Gasteiger partial charge in [0.2, 0.25) is 5.95 Å². The first kappa shape index (κ1) is 30.4. The van der Waals surface area contributed by atoms with E-state index < -0.39 is 0 Å². The number of carbonyl (C=O) groups is 1. The summed E-state index contributed by atoms with van der Waals surface area (Å²) >= 11 is 0. The van der Waals surface area contributed by atoms with Crippen molar-refractivity contribution in [2.24, 2.45) is 0 Å². The Morgan fingerprint density at radius 1 is 0.915 bits per heavy atom. The quantitative estimate of drug-likeness (QED) is 0.144. The molecule has 0 bridgehead atoms. The number of hydrogen-bond donors (Lipinski definition) is 3. The monoisotopic (exact) mass is 632 g/mol. The number of aromatic nitrogens is 4. The number of hydrogen-bond acceptors (Lipinski definition) is 9. The number of benzene rings is 3. The molecule has 0 amide bonds. The Morgan fingerprint density at radius 3 is 2.53 bits per heavy atom. The molecule has 4 heterocycles. The SMILES string of the molecule is C=CC(=O)Cc1cccc(-c2nc(Nc3cccc(N4CCCCC4)c3)nc3n[nH]c(Nc4ccc(N5CCOCC5)c(F)c4)c23)c1. The Hall–Kier alpha value is -5.29. The van der Waals surface area contributed by atoms with Gasteiger partial charge in [-0.25, -0.2) is 9.37 Å². The van der Waals surface area contributed by atoms with Crippen LogP contribution in [0.25, 0.3) is 22.3 Å². The summed E-state index contributed by atoms with van der Waals surface area (Å²) < 4.78 is 20.7. The summed E-state index contributed by atoms with van der Waals surface area (Å²) in [7, 11) is 0. The molecule has 2 fully saturated rings. The summed E-state index contributed by atoms with van der Waals surface area (Å²) in [4.78, 5) is 26.3. The number of allylic oxidation sites excluding steroid dienone is 1. The van der Waals surface area contributed by atoms with E-state index in [9.17, 15) is 4.79 Å². The van der Waals surface area contributed by atoms with Crippen LogP contribution in [0.15, 0.2) is 79.4 Å². The first-order chi connectivity index (χ1) is 23.0. The average molecular weight is 633 g/mol. The molecule has 5 aromatic rings. The van der Waals surface area contributed by atoms with E-state index in [2.05, 4.69) is 44.4 Å². The zero-order chi connectivity index (χ0) is 32.2. The maximum Gasteiger partial charge on any atom is 0.229 e. The van der Waals surface area contributed by atoms with E-state index in [4.69, 9.17) is 14.7 Å². The number of piperidine rings is 1. The number of ether oxygens (including phenoxy) is 1. The number of rotatable bonds is 10. The third-order valence-electron chi connectivity index (χ3n) is 8.61. The Balaban J connectivity index is 1.25. The predicted molar refractivity (Wildman–Crippen MR) is 185 cm³/mol. The molecule has 0 atom stereocenters. The fourth-order valence-corrected chi connectivity index (χ4v) is 6.23. The van der Waals surface area contributed by atoms with Crippen LogP contribution in [0.2, 0.25) is 0 Å². The van der Waals surface area contributed by atoms with Gasteiger partial charge >= 0.3 is 0 Å². The second-order valence-corrected chi connectivity index (χ2v) is 11.9. The molecule has 7 rings (SSSR count). The number of anilines is 6. The van der Waals surface area contributed by atoms with E-state index in [1.165, 1.54) is 31.4 Å². The molecule has 10 nitrogen and oxygen atoms in total. The van der Waals surface area contributed by atoms with E-state index in [1.54, 1.807) is 6.07 Å². The van der Waals surface area contributed by atoms with Crippen LogP contribution < -0.4 is 20.4 Å². The highest BCUT2D eigenvalue weighted by Crippen LogP contribution is 2.35. The molecule has 240 valence electrons. The highest BCUT2D eigenvalue weighted by molar-refractivity contribution is 6.01. The van der Waals surface area contributed by atoms with Crippen molar-refractivity contribution < 1.29 is 13.9 Å². The lowest BCUT2D eigenvalue weighted by Crippen LogP contribution is -2.36.